The van der Waals surface area contributed by atoms with Crippen LogP contribution in [0.4, 0.5) is 0 Å². The van der Waals surface area contributed by atoms with E-state index in [2.05, 4.69) is 67.1 Å². The van der Waals surface area contributed by atoms with Crippen molar-refractivity contribution < 1.29 is 9.53 Å². The number of fused-ring (bicyclic) bond motifs is 1. The molecule has 0 unspecified atom stereocenters. The highest BCUT2D eigenvalue weighted by molar-refractivity contribution is 6.30. The Morgan fingerprint density at radius 3 is 2.61 bits per heavy atom. The molecule has 0 spiro atoms. The van der Waals surface area contributed by atoms with Crippen LogP contribution >= 0.6 is 11.6 Å². The summed E-state index contributed by atoms with van der Waals surface area (Å²) in [7, 11) is 0. The lowest BCUT2D eigenvalue weighted by Gasteiger charge is -2.15. The number of halogens is 1. The zero-order chi connectivity index (χ0) is 26.9. The first-order valence-corrected chi connectivity index (χ1v) is 14.0. The highest BCUT2D eigenvalue weighted by Gasteiger charge is 2.12. The summed E-state index contributed by atoms with van der Waals surface area (Å²) in [6.45, 7) is 8.73. The quantitative estimate of drug-likeness (QED) is 0.184. The monoisotopic (exact) mass is 531 g/mol. The molecule has 1 amide bonds. The molecule has 0 atom stereocenters. The fourth-order valence-electron chi connectivity index (χ4n) is 4.69. The molecular formula is C32H38ClN3O2. The van der Waals surface area contributed by atoms with E-state index < -0.39 is 0 Å². The van der Waals surface area contributed by atoms with Crippen LogP contribution in [0, 0.1) is 6.92 Å². The maximum atomic E-state index is 12.3. The van der Waals surface area contributed by atoms with Gasteiger partial charge in [-0.1, -0.05) is 61.8 Å². The molecule has 200 valence electrons. The molecule has 6 heteroatoms. The molecule has 1 heterocycles. The second kappa shape index (κ2) is 13.5. The number of benzene rings is 3. The topological polar surface area (TPSA) is 56.1 Å². The number of imidazole rings is 1. The van der Waals surface area contributed by atoms with Gasteiger partial charge in [0.05, 0.1) is 24.1 Å². The highest BCUT2D eigenvalue weighted by atomic mass is 35.5. The van der Waals surface area contributed by atoms with Gasteiger partial charge in [0.25, 0.3) is 0 Å². The summed E-state index contributed by atoms with van der Waals surface area (Å²) in [4.78, 5) is 17.2. The van der Waals surface area contributed by atoms with Gasteiger partial charge in [0.2, 0.25) is 5.91 Å². The molecule has 4 aromatic rings. The zero-order valence-corrected chi connectivity index (χ0v) is 23.4. The number of carbonyl (C=O) groups is 1. The van der Waals surface area contributed by atoms with E-state index in [1.54, 1.807) is 0 Å². The molecule has 5 nitrogen and oxygen atoms in total. The Morgan fingerprint density at radius 1 is 1.03 bits per heavy atom. The molecule has 1 N–H and O–H groups in total. The number of nitrogens with zero attached hydrogens (tertiary/aromatic N) is 2. The smallest absolute Gasteiger partial charge is 0.224 e. The van der Waals surface area contributed by atoms with Crippen LogP contribution in [0.5, 0.6) is 5.75 Å². The maximum Gasteiger partial charge on any atom is 0.224 e. The molecule has 0 aliphatic rings. The maximum absolute atomic E-state index is 12.3. The van der Waals surface area contributed by atoms with Gasteiger partial charge in [-0.15, -0.1) is 0 Å². The van der Waals surface area contributed by atoms with Gasteiger partial charge in [-0.05, 0) is 79.1 Å². The van der Waals surface area contributed by atoms with Crippen LogP contribution < -0.4 is 10.1 Å². The van der Waals surface area contributed by atoms with Crippen molar-refractivity contribution in [3.05, 3.63) is 94.3 Å². The summed E-state index contributed by atoms with van der Waals surface area (Å²) >= 11 is 5.93. The van der Waals surface area contributed by atoms with E-state index in [1.165, 1.54) is 11.1 Å². The first-order valence-electron chi connectivity index (χ1n) is 13.6. The average Bonchev–Trinajstić information content (AvgIpc) is 3.25. The zero-order valence-electron chi connectivity index (χ0n) is 22.7. The number of para-hydroxylation sites is 2. The van der Waals surface area contributed by atoms with Crippen LogP contribution in [0.15, 0.2) is 66.7 Å². The van der Waals surface area contributed by atoms with E-state index >= 15 is 0 Å². The lowest BCUT2D eigenvalue weighted by Crippen LogP contribution is -2.26. The Balaban J connectivity index is 1.28. The summed E-state index contributed by atoms with van der Waals surface area (Å²) in [5.41, 5.74) is 5.63. The van der Waals surface area contributed by atoms with E-state index in [-0.39, 0.29) is 5.91 Å². The van der Waals surface area contributed by atoms with Crippen LogP contribution in [0.1, 0.15) is 61.5 Å². The summed E-state index contributed by atoms with van der Waals surface area (Å²) in [6, 6.07) is 22.2. The van der Waals surface area contributed by atoms with E-state index in [1.807, 2.05) is 30.3 Å². The molecule has 1 aromatic heterocycles. The van der Waals surface area contributed by atoms with Crippen LogP contribution in [-0.2, 0) is 24.2 Å². The van der Waals surface area contributed by atoms with Crippen molar-refractivity contribution in [1.82, 2.24) is 14.9 Å². The van der Waals surface area contributed by atoms with Gasteiger partial charge in [0.15, 0.2) is 0 Å². The van der Waals surface area contributed by atoms with Gasteiger partial charge in [0.1, 0.15) is 11.6 Å². The predicted octanol–water partition coefficient (Wildman–Crippen LogP) is 7.27. The first kappa shape index (κ1) is 27.7. The summed E-state index contributed by atoms with van der Waals surface area (Å²) in [5.74, 6) is 2.54. The molecule has 4 rings (SSSR count). The van der Waals surface area contributed by atoms with E-state index in [9.17, 15) is 4.79 Å². The van der Waals surface area contributed by atoms with Crippen LogP contribution in [-0.4, -0.2) is 28.6 Å². The third-order valence-electron chi connectivity index (χ3n) is 6.74. The minimum atomic E-state index is 0.0232. The summed E-state index contributed by atoms with van der Waals surface area (Å²) in [5, 5.41) is 3.71. The summed E-state index contributed by atoms with van der Waals surface area (Å²) < 4.78 is 8.53. The Kier molecular flexibility index (Phi) is 9.83. The van der Waals surface area contributed by atoms with Crippen molar-refractivity contribution in [3.63, 3.8) is 0 Å². The number of carbonyl (C=O) groups excluding carboxylic acids is 1. The lowest BCUT2D eigenvalue weighted by atomic mass is 10.0. The van der Waals surface area contributed by atoms with Crippen molar-refractivity contribution in [2.45, 2.75) is 65.3 Å². The van der Waals surface area contributed by atoms with Crippen molar-refractivity contribution >= 4 is 28.5 Å². The fourth-order valence-corrected chi connectivity index (χ4v) is 4.81. The third-order valence-corrected chi connectivity index (χ3v) is 6.99. The van der Waals surface area contributed by atoms with Gasteiger partial charge >= 0.3 is 0 Å². The predicted molar refractivity (Wildman–Crippen MR) is 156 cm³/mol. The number of aromatic nitrogens is 2. The number of ether oxygens (including phenoxy) is 1. The number of rotatable bonds is 13. The molecular weight excluding hydrogens is 494 g/mol. The van der Waals surface area contributed by atoms with Gasteiger partial charge in [0, 0.05) is 24.5 Å². The number of aryl methyl sites for hydroxylation is 3. The van der Waals surface area contributed by atoms with Gasteiger partial charge < -0.3 is 14.6 Å². The third kappa shape index (κ3) is 7.61. The molecule has 0 saturated carbocycles. The normalized spacial score (nSPS) is 11.3. The Morgan fingerprint density at radius 2 is 1.82 bits per heavy atom. The molecule has 0 aliphatic carbocycles. The number of amides is 1. The number of unbranched alkanes of at least 4 members (excludes halogenated alkanes) is 1. The van der Waals surface area contributed by atoms with Crippen molar-refractivity contribution in [2.24, 2.45) is 0 Å². The van der Waals surface area contributed by atoms with Gasteiger partial charge in [-0.25, -0.2) is 4.98 Å². The van der Waals surface area contributed by atoms with Crippen molar-refractivity contribution in [1.29, 1.82) is 0 Å². The number of hydrogen-bond acceptors (Lipinski definition) is 3. The fraction of sp³-hybridized carbons (Fsp3) is 0.375. The van der Waals surface area contributed by atoms with Crippen molar-refractivity contribution in [2.75, 3.05) is 13.2 Å². The largest absolute Gasteiger partial charge is 0.493 e. The molecule has 0 radical (unpaired) electrons. The van der Waals surface area contributed by atoms with Gasteiger partial charge in [-0.2, -0.15) is 0 Å². The highest BCUT2D eigenvalue weighted by Crippen LogP contribution is 2.27. The second-order valence-electron chi connectivity index (χ2n) is 10.2. The number of nitrogens with one attached hydrogen (secondary N) is 1. The van der Waals surface area contributed by atoms with E-state index in [4.69, 9.17) is 21.3 Å². The van der Waals surface area contributed by atoms with Gasteiger partial charge in [-0.3, -0.25) is 4.79 Å². The Hall–Kier alpha value is -3.31. The first-order chi connectivity index (χ1) is 18.4. The van der Waals surface area contributed by atoms with E-state index in [0.717, 1.165) is 60.4 Å². The summed E-state index contributed by atoms with van der Waals surface area (Å²) in [6.07, 6.45) is 3.99. The molecule has 0 saturated heterocycles. The molecule has 0 fully saturated rings. The Bertz CT molecular complexity index is 1340. The molecule has 0 aliphatic heterocycles. The molecule has 38 heavy (non-hydrogen) atoms. The number of hydrogen-bond donors (Lipinski definition) is 1. The minimum Gasteiger partial charge on any atom is -0.493 e. The van der Waals surface area contributed by atoms with Crippen LogP contribution in [0.2, 0.25) is 5.02 Å². The standard InChI is InChI=1S/C32H38ClN3O2/c1-23(2)27-17-12-24(3)21-30(27)38-20-7-6-19-36-29-10-5-4-9-28(29)35-31(36)11-8-18-34-32(37)22-25-13-15-26(33)16-14-25/h4-5,9-10,12-17,21,23H,6-8,11,18-20,22H2,1-3H3,(H,34,37). The molecule has 0 bridgehead atoms. The second-order valence-corrected chi connectivity index (χ2v) is 10.6. The van der Waals surface area contributed by atoms with Crippen molar-refractivity contribution in [3.8, 4) is 5.75 Å². The minimum absolute atomic E-state index is 0.0232. The molecule has 3 aromatic carbocycles. The van der Waals surface area contributed by atoms with Crippen LogP contribution in [0.25, 0.3) is 11.0 Å². The Labute approximate surface area is 231 Å². The van der Waals surface area contributed by atoms with Crippen LogP contribution in [0.3, 0.4) is 0 Å². The van der Waals surface area contributed by atoms with E-state index in [0.29, 0.717) is 30.5 Å². The SMILES string of the molecule is Cc1ccc(C(C)C)c(OCCCCn2c(CCCNC(=O)Cc3ccc(Cl)cc3)nc3ccccc32)c1. The average molecular weight is 532 g/mol. The lowest BCUT2D eigenvalue weighted by molar-refractivity contribution is -0.120.